The molecule has 21 heavy (non-hydrogen) atoms. The summed E-state index contributed by atoms with van der Waals surface area (Å²) in [5.41, 5.74) is 1.62. The van der Waals surface area contributed by atoms with E-state index in [4.69, 9.17) is 4.74 Å². The molecular weight excluding hydrogens is 267 g/mol. The molecule has 3 nitrogen and oxygen atoms in total. The molecule has 2 heterocycles. The van der Waals surface area contributed by atoms with E-state index in [1.807, 2.05) is 12.1 Å². The molecule has 0 aliphatic carbocycles. The van der Waals surface area contributed by atoms with Gasteiger partial charge >= 0.3 is 0 Å². The van der Waals surface area contributed by atoms with E-state index in [9.17, 15) is 4.39 Å². The highest BCUT2D eigenvalue weighted by Gasteiger charge is 2.24. The zero-order valence-electron chi connectivity index (χ0n) is 12.9. The lowest BCUT2D eigenvalue weighted by Gasteiger charge is -2.33. The first kappa shape index (κ1) is 14.6. The van der Waals surface area contributed by atoms with Gasteiger partial charge in [0.2, 0.25) is 0 Å². The molecule has 0 radical (unpaired) electrons. The molecule has 1 N–H and O–H groups in total. The maximum absolute atomic E-state index is 14.3. The first-order valence-corrected chi connectivity index (χ1v) is 8.08. The van der Waals surface area contributed by atoms with E-state index in [1.54, 1.807) is 6.07 Å². The molecule has 2 fully saturated rings. The van der Waals surface area contributed by atoms with Crippen molar-refractivity contribution >= 4 is 11.4 Å². The molecule has 1 aromatic rings. The SMILES string of the molecule is CC1CC(Nc2ccc(N3CCCC3)c(F)c2)CC(C)O1. The summed E-state index contributed by atoms with van der Waals surface area (Å²) in [4.78, 5) is 2.14. The summed E-state index contributed by atoms with van der Waals surface area (Å²) in [6.45, 7) is 6.14. The minimum atomic E-state index is -0.116. The highest BCUT2D eigenvalue weighted by Crippen LogP contribution is 2.28. The number of ether oxygens (including phenoxy) is 1. The van der Waals surface area contributed by atoms with E-state index in [-0.39, 0.29) is 18.0 Å². The van der Waals surface area contributed by atoms with Crippen LogP contribution in [-0.4, -0.2) is 31.3 Å². The first-order chi connectivity index (χ1) is 10.1. The summed E-state index contributed by atoms with van der Waals surface area (Å²) < 4.78 is 20.0. The van der Waals surface area contributed by atoms with Gasteiger partial charge < -0.3 is 15.0 Å². The lowest BCUT2D eigenvalue weighted by atomic mass is 9.99. The monoisotopic (exact) mass is 292 g/mol. The van der Waals surface area contributed by atoms with Crippen LogP contribution in [0.3, 0.4) is 0 Å². The number of hydrogen-bond donors (Lipinski definition) is 1. The maximum Gasteiger partial charge on any atom is 0.148 e. The van der Waals surface area contributed by atoms with Crippen LogP contribution in [0.1, 0.15) is 39.5 Å². The smallest absolute Gasteiger partial charge is 0.148 e. The summed E-state index contributed by atoms with van der Waals surface area (Å²) in [6.07, 6.45) is 4.80. The Morgan fingerprint density at radius 1 is 1.14 bits per heavy atom. The van der Waals surface area contributed by atoms with Gasteiger partial charge in [-0.25, -0.2) is 4.39 Å². The Morgan fingerprint density at radius 3 is 2.43 bits per heavy atom. The van der Waals surface area contributed by atoms with Crippen LogP contribution >= 0.6 is 0 Å². The second kappa shape index (κ2) is 6.22. The quantitative estimate of drug-likeness (QED) is 0.917. The Balaban J connectivity index is 1.67. The van der Waals surface area contributed by atoms with Crippen LogP contribution in [0.15, 0.2) is 18.2 Å². The summed E-state index contributed by atoms with van der Waals surface area (Å²) in [5, 5.41) is 3.46. The summed E-state index contributed by atoms with van der Waals surface area (Å²) >= 11 is 0. The van der Waals surface area contributed by atoms with Crippen molar-refractivity contribution in [1.29, 1.82) is 0 Å². The maximum atomic E-state index is 14.3. The normalized spacial score (nSPS) is 29.7. The van der Waals surface area contributed by atoms with E-state index in [1.165, 1.54) is 0 Å². The number of benzene rings is 1. The van der Waals surface area contributed by atoms with Gasteiger partial charge in [-0.2, -0.15) is 0 Å². The van der Waals surface area contributed by atoms with Crippen molar-refractivity contribution in [3.05, 3.63) is 24.0 Å². The second-order valence-corrected chi connectivity index (χ2v) is 6.43. The van der Waals surface area contributed by atoms with Crippen molar-refractivity contribution in [2.75, 3.05) is 23.3 Å². The van der Waals surface area contributed by atoms with E-state index in [0.717, 1.165) is 50.1 Å². The zero-order valence-corrected chi connectivity index (χ0v) is 12.9. The van der Waals surface area contributed by atoms with Gasteiger partial charge in [0.05, 0.1) is 17.9 Å². The number of anilines is 2. The first-order valence-electron chi connectivity index (χ1n) is 8.08. The largest absolute Gasteiger partial charge is 0.382 e. The zero-order chi connectivity index (χ0) is 14.8. The van der Waals surface area contributed by atoms with Crippen LogP contribution in [-0.2, 0) is 4.74 Å². The Kier molecular flexibility index (Phi) is 4.34. The summed E-state index contributed by atoms with van der Waals surface area (Å²) in [6, 6.07) is 5.91. The van der Waals surface area contributed by atoms with E-state index < -0.39 is 0 Å². The molecule has 2 atom stereocenters. The third kappa shape index (κ3) is 3.49. The number of nitrogens with zero attached hydrogens (tertiary/aromatic N) is 1. The molecule has 4 heteroatoms. The minimum absolute atomic E-state index is 0.116. The summed E-state index contributed by atoms with van der Waals surface area (Å²) in [7, 11) is 0. The van der Waals surface area contributed by atoms with Crippen molar-refractivity contribution in [2.45, 2.75) is 57.8 Å². The fourth-order valence-corrected chi connectivity index (χ4v) is 3.57. The van der Waals surface area contributed by atoms with Crippen molar-refractivity contribution < 1.29 is 9.13 Å². The Hall–Kier alpha value is -1.29. The molecule has 0 saturated carbocycles. The predicted octanol–water partition coefficient (Wildman–Crippen LogP) is 3.79. The van der Waals surface area contributed by atoms with Gasteiger partial charge in [0, 0.05) is 24.8 Å². The second-order valence-electron chi connectivity index (χ2n) is 6.43. The van der Waals surface area contributed by atoms with Crippen molar-refractivity contribution in [1.82, 2.24) is 0 Å². The lowest BCUT2D eigenvalue weighted by molar-refractivity contribution is -0.0337. The highest BCUT2D eigenvalue weighted by atomic mass is 19.1. The topological polar surface area (TPSA) is 24.5 Å². The van der Waals surface area contributed by atoms with Gasteiger partial charge in [-0.3, -0.25) is 0 Å². The molecule has 0 amide bonds. The molecule has 2 aliphatic rings. The Bertz CT molecular complexity index is 478. The number of hydrogen-bond acceptors (Lipinski definition) is 3. The minimum Gasteiger partial charge on any atom is -0.382 e. The van der Waals surface area contributed by atoms with Crippen LogP contribution in [0.25, 0.3) is 0 Å². The molecule has 1 aromatic carbocycles. The predicted molar refractivity (Wildman–Crippen MR) is 84.5 cm³/mol. The van der Waals surface area contributed by atoms with Gasteiger partial charge in [0.25, 0.3) is 0 Å². The van der Waals surface area contributed by atoms with Gasteiger partial charge in [0.15, 0.2) is 0 Å². The van der Waals surface area contributed by atoms with Crippen LogP contribution in [0.4, 0.5) is 15.8 Å². The number of nitrogens with one attached hydrogen (secondary N) is 1. The molecule has 2 aliphatic heterocycles. The number of rotatable bonds is 3. The van der Waals surface area contributed by atoms with E-state index in [2.05, 4.69) is 24.1 Å². The van der Waals surface area contributed by atoms with Crippen LogP contribution in [0.5, 0.6) is 0 Å². The lowest BCUT2D eigenvalue weighted by Crippen LogP contribution is -2.36. The fourth-order valence-electron chi connectivity index (χ4n) is 3.57. The Labute approximate surface area is 126 Å². The van der Waals surface area contributed by atoms with Gasteiger partial charge in [-0.15, -0.1) is 0 Å². The van der Waals surface area contributed by atoms with Crippen molar-refractivity contribution in [3.63, 3.8) is 0 Å². The van der Waals surface area contributed by atoms with Crippen LogP contribution < -0.4 is 10.2 Å². The van der Waals surface area contributed by atoms with Gasteiger partial charge in [-0.1, -0.05) is 0 Å². The molecule has 0 spiro atoms. The van der Waals surface area contributed by atoms with Gasteiger partial charge in [0.1, 0.15) is 5.82 Å². The fraction of sp³-hybridized carbons (Fsp3) is 0.647. The molecule has 0 bridgehead atoms. The molecule has 3 rings (SSSR count). The Morgan fingerprint density at radius 2 is 1.81 bits per heavy atom. The van der Waals surface area contributed by atoms with Crippen LogP contribution in [0, 0.1) is 5.82 Å². The molecule has 2 saturated heterocycles. The average Bonchev–Trinajstić information content (AvgIpc) is 2.91. The highest BCUT2D eigenvalue weighted by molar-refractivity contribution is 5.57. The van der Waals surface area contributed by atoms with E-state index in [0.29, 0.717) is 6.04 Å². The number of halogens is 1. The van der Waals surface area contributed by atoms with E-state index >= 15 is 0 Å². The third-order valence-electron chi connectivity index (χ3n) is 4.46. The molecule has 0 aromatic heterocycles. The van der Waals surface area contributed by atoms with Crippen molar-refractivity contribution in [2.24, 2.45) is 0 Å². The average molecular weight is 292 g/mol. The van der Waals surface area contributed by atoms with Crippen LogP contribution in [0.2, 0.25) is 0 Å². The molecule has 116 valence electrons. The van der Waals surface area contributed by atoms with Gasteiger partial charge in [-0.05, 0) is 57.7 Å². The standard InChI is InChI=1S/C17H25FN2O/c1-12-9-15(10-13(2)21-12)19-14-5-6-17(16(18)11-14)20-7-3-4-8-20/h5-6,11-13,15,19H,3-4,7-10H2,1-2H3. The summed E-state index contributed by atoms with van der Waals surface area (Å²) in [5.74, 6) is -0.116. The molecule has 2 unspecified atom stereocenters. The van der Waals surface area contributed by atoms with Crippen molar-refractivity contribution in [3.8, 4) is 0 Å². The molecular formula is C17H25FN2O. The third-order valence-corrected chi connectivity index (χ3v) is 4.46.